The fraction of sp³-hybridized carbons (Fsp3) is 0.560. The number of nitrogens with zero attached hydrogens (tertiary/aromatic N) is 5. The van der Waals surface area contributed by atoms with E-state index in [2.05, 4.69) is 21.4 Å². The van der Waals surface area contributed by atoms with Gasteiger partial charge in [0.05, 0.1) is 18.6 Å². The molecule has 11 heteroatoms. The number of ether oxygens (including phenoxy) is 2. The Bertz CT molecular complexity index is 1010. The number of rotatable bonds is 12. The molecule has 2 heterocycles. The number of esters is 1. The average Bonchev–Trinajstić information content (AvgIpc) is 3.28. The van der Waals surface area contributed by atoms with Crippen LogP contribution in [-0.4, -0.2) is 72.2 Å². The Balaban J connectivity index is 2.30. The van der Waals surface area contributed by atoms with Crippen molar-refractivity contribution in [3.05, 3.63) is 46.1 Å². The molecule has 1 fully saturated rings. The Morgan fingerprint density at radius 2 is 1.94 bits per heavy atom. The number of aromatic nitrogens is 2. The van der Waals surface area contributed by atoms with E-state index in [-0.39, 0.29) is 42.8 Å². The highest BCUT2D eigenvalue weighted by molar-refractivity contribution is 5.79. The lowest BCUT2D eigenvalue weighted by Crippen LogP contribution is -2.33. The molecule has 0 spiro atoms. The molecule has 0 bridgehead atoms. The number of nitrogen functional groups attached to an aromatic ring is 1. The molecule has 0 aliphatic carbocycles. The van der Waals surface area contributed by atoms with Crippen LogP contribution in [0, 0.1) is 15.5 Å². The summed E-state index contributed by atoms with van der Waals surface area (Å²) in [5, 5.41) is 11.8. The number of methoxy groups -OCH3 is 1. The highest BCUT2D eigenvalue weighted by Gasteiger charge is 2.30. The standard InChI is InChI=1S/C25H38N6O5/c1-18(14-29-12-7-8-13-29)10-9-11-19(2)15-30(16-20(32)35-6)23-21(31(33)34)22(26)27-24(28-23)36-17-25(3,4)5/h9-11H,1,7-8,12-17H2,2-6H3,(H2,26,27,28)/b10-9-,19-11+. The van der Waals surface area contributed by atoms with Gasteiger partial charge in [0.25, 0.3) is 0 Å². The number of allylic oxidation sites excluding steroid dienone is 2. The van der Waals surface area contributed by atoms with Gasteiger partial charge in [-0.3, -0.25) is 19.8 Å². The molecule has 2 N–H and O–H groups in total. The molecule has 1 aromatic heterocycles. The fourth-order valence-electron chi connectivity index (χ4n) is 3.59. The maximum absolute atomic E-state index is 12.2. The monoisotopic (exact) mass is 502 g/mol. The van der Waals surface area contributed by atoms with Crippen molar-refractivity contribution in [3.63, 3.8) is 0 Å². The van der Waals surface area contributed by atoms with Gasteiger partial charge in [0.1, 0.15) is 6.54 Å². The molecule has 0 radical (unpaired) electrons. The van der Waals surface area contributed by atoms with Gasteiger partial charge in [0.15, 0.2) is 0 Å². The first kappa shape index (κ1) is 28.8. The third-order valence-corrected chi connectivity index (χ3v) is 5.31. The van der Waals surface area contributed by atoms with Crippen LogP contribution in [0.3, 0.4) is 0 Å². The molecule has 0 aromatic carbocycles. The maximum Gasteiger partial charge on any atom is 0.353 e. The molecule has 36 heavy (non-hydrogen) atoms. The summed E-state index contributed by atoms with van der Waals surface area (Å²) >= 11 is 0. The maximum atomic E-state index is 12.2. The van der Waals surface area contributed by atoms with Crippen LogP contribution < -0.4 is 15.4 Å². The minimum Gasteiger partial charge on any atom is -0.468 e. The van der Waals surface area contributed by atoms with E-state index in [0.29, 0.717) is 0 Å². The lowest BCUT2D eigenvalue weighted by molar-refractivity contribution is -0.383. The van der Waals surface area contributed by atoms with Crippen molar-refractivity contribution in [2.75, 3.05) is 57.1 Å². The molecule has 11 nitrogen and oxygen atoms in total. The largest absolute Gasteiger partial charge is 0.468 e. The van der Waals surface area contributed by atoms with E-state index in [0.717, 1.165) is 30.8 Å². The molecular formula is C25H38N6O5. The Kier molecular flexibility index (Phi) is 10.4. The molecule has 1 aliphatic rings. The topological polar surface area (TPSA) is 137 Å². The quantitative estimate of drug-likeness (QED) is 0.195. The molecule has 0 atom stereocenters. The predicted octanol–water partition coefficient (Wildman–Crippen LogP) is 3.53. The van der Waals surface area contributed by atoms with Gasteiger partial charge < -0.3 is 20.1 Å². The molecule has 0 saturated carbocycles. The molecule has 1 aromatic rings. The highest BCUT2D eigenvalue weighted by atomic mass is 16.6. The average molecular weight is 503 g/mol. The number of nitrogens with two attached hydrogens (primary N) is 1. The number of likely N-dealkylation sites (tertiary alicyclic amines) is 1. The number of carbonyl (C=O) groups is 1. The van der Waals surface area contributed by atoms with Gasteiger partial charge in [-0.15, -0.1) is 0 Å². The summed E-state index contributed by atoms with van der Waals surface area (Å²) in [6, 6.07) is -0.0994. The van der Waals surface area contributed by atoms with Crippen LogP contribution >= 0.6 is 0 Å². The summed E-state index contributed by atoms with van der Waals surface area (Å²) in [6.45, 7) is 15.0. The van der Waals surface area contributed by atoms with Gasteiger partial charge in [-0.05, 0) is 43.8 Å². The van der Waals surface area contributed by atoms with Crippen molar-refractivity contribution in [2.24, 2.45) is 5.41 Å². The molecule has 1 aliphatic heterocycles. The van der Waals surface area contributed by atoms with Gasteiger partial charge in [0.2, 0.25) is 11.6 Å². The van der Waals surface area contributed by atoms with Crippen molar-refractivity contribution >= 4 is 23.3 Å². The molecule has 0 unspecified atom stereocenters. The van der Waals surface area contributed by atoms with Crippen molar-refractivity contribution in [1.82, 2.24) is 14.9 Å². The van der Waals surface area contributed by atoms with Crippen LogP contribution in [0.4, 0.5) is 17.3 Å². The Morgan fingerprint density at radius 3 is 2.53 bits per heavy atom. The van der Waals surface area contributed by atoms with Crippen molar-refractivity contribution in [2.45, 2.75) is 40.5 Å². The number of hydrogen-bond donors (Lipinski definition) is 1. The third kappa shape index (κ3) is 9.29. The Morgan fingerprint density at radius 1 is 1.28 bits per heavy atom. The second-order valence-electron chi connectivity index (χ2n) is 10.1. The van der Waals surface area contributed by atoms with E-state index >= 15 is 0 Å². The van der Waals surface area contributed by atoms with E-state index < -0.39 is 16.6 Å². The fourth-order valence-corrected chi connectivity index (χ4v) is 3.59. The summed E-state index contributed by atoms with van der Waals surface area (Å²) in [4.78, 5) is 35.3. The number of nitro groups is 1. The SMILES string of the molecule is C=C(/C=C\C=C(/C)CN(CC(=O)OC)c1nc(OCC(C)(C)C)nc(N)c1[N+](=O)[O-])CN1CCCC1. The van der Waals surface area contributed by atoms with Crippen LogP contribution in [0.15, 0.2) is 36.0 Å². The first-order valence-electron chi connectivity index (χ1n) is 11.9. The molecule has 198 valence electrons. The van der Waals surface area contributed by atoms with Crippen LogP contribution in [-0.2, 0) is 9.53 Å². The van der Waals surface area contributed by atoms with Crippen LogP contribution in [0.2, 0.25) is 0 Å². The summed E-state index contributed by atoms with van der Waals surface area (Å²) in [6.07, 6.45) is 8.12. The lowest BCUT2D eigenvalue weighted by atomic mass is 9.99. The predicted molar refractivity (Wildman–Crippen MR) is 140 cm³/mol. The second-order valence-corrected chi connectivity index (χ2v) is 10.1. The van der Waals surface area contributed by atoms with Gasteiger partial charge in [-0.2, -0.15) is 9.97 Å². The minimum absolute atomic E-state index is 0.0994. The van der Waals surface area contributed by atoms with E-state index in [1.807, 2.05) is 45.9 Å². The van der Waals surface area contributed by atoms with Gasteiger partial charge in [-0.1, -0.05) is 51.2 Å². The summed E-state index contributed by atoms with van der Waals surface area (Å²) < 4.78 is 10.5. The van der Waals surface area contributed by atoms with Crippen molar-refractivity contribution in [3.8, 4) is 6.01 Å². The van der Waals surface area contributed by atoms with Gasteiger partial charge in [-0.25, -0.2) is 0 Å². The third-order valence-electron chi connectivity index (χ3n) is 5.31. The van der Waals surface area contributed by atoms with Crippen LogP contribution in [0.1, 0.15) is 40.5 Å². The summed E-state index contributed by atoms with van der Waals surface area (Å²) in [5.41, 5.74) is 7.05. The van der Waals surface area contributed by atoms with Crippen molar-refractivity contribution in [1.29, 1.82) is 0 Å². The molecular weight excluding hydrogens is 464 g/mol. The molecule has 2 rings (SSSR count). The first-order valence-corrected chi connectivity index (χ1v) is 11.9. The molecule has 1 saturated heterocycles. The van der Waals surface area contributed by atoms with E-state index in [9.17, 15) is 14.9 Å². The number of anilines is 2. The zero-order valence-corrected chi connectivity index (χ0v) is 22.0. The Hall–Kier alpha value is -3.47. The highest BCUT2D eigenvalue weighted by Crippen LogP contribution is 2.33. The van der Waals surface area contributed by atoms with E-state index in [1.165, 1.54) is 24.9 Å². The van der Waals surface area contributed by atoms with E-state index in [1.54, 1.807) is 0 Å². The number of carbonyl (C=O) groups excluding carboxylic acids is 1. The van der Waals surface area contributed by atoms with Crippen LogP contribution in [0.5, 0.6) is 6.01 Å². The lowest BCUT2D eigenvalue weighted by Gasteiger charge is -2.24. The smallest absolute Gasteiger partial charge is 0.353 e. The normalized spacial score (nSPS) is 14.8. The Labute approximate surface area is 212 Å². The minimum atomic E-state index is -0.663. The van der Waals surface area contributed by atoms with Gasteiger partial charge >= 0.3 is 17.7 Å². The zero-order chi connectivity index (χ0) is 26.9. The van der Waals surface area contributed by atoms with Crippen molar-refractivity contribution < 1.29 is 19.2 Å². The van der Waals surface area contributed by atoms with Crippen LogP contribution in [0.25, 0.3) is 0 Å². The molecule has 0 amide bonds. The number of hydrogen-bond acceptors (Lipinski definition) is 10. The summed E-state index contributed by atoms with van der Waals surface area (Å²) in [7, 11) is 1.25. The van der Waals surface area contributed by atoms with E-state index in [4.69, 9.17) is 15.2 Å². The zero-order valence-electron chi connectivity index (χ0n) is 22.0. The first-order chi connectivity index (χ1) is 16.9. The second kappa shape index (κ2) is 13.0. The summed E-state index contributed by atoms with van der Waals surface area (Å²) in [5.74, 6) is -1.04. The van der Waals surface area contributed by atoms with Gasteiger partial charge in [0, 0.05) is 13.1 Å².